The maximum Gasteiger partial charge on any atom is 0.268 e. The standard InChI is InChI=1S/C15H11Cl3N4OS/c1-5-6(2)21-22-15-10(5)11(19)13(24-15)14(23)20-12-8(17)3-7(16)4-9(12)18/h3-4H,19H2,1-2H3,(H,20,23). The van der Waals surface area contributed by atoms with Crippen molar-refractivity contribution in [2.45, 2.75) is 13.8 Å². The molecule has 5 nitrogen and oxygen atoms in total. The lowest BCUT2D eigenvalue weighted by atomic mass is 10.1. The van der Waals surface area contributed by atoms with Crippen molar-refractivity contribution in [3.05, 3.63) is 43.3 Å². The number of amides is 1. The first-order chi connectivity index (χ1) is 11.3. The average molecular weight is 402 g/mol. The molecule has 3 rings (SSSR count). The molecule has 0 radical (unpaired) electrons. The molecule has 1 aromatic carbocycles. The molecule has 0 saturated heterocycles. The van der Waals surface area contributed by atoms with E-state index in [0.29, 0.717) is 20.4 Å². The van der Waals surface area contributed by atoms with Crippen molar-refractivity contribution in [3.8, 4) is 0 Å². The van der Waals surface area contributed by atoms with Crippen LogP contribution in [0.25, 0.3) is 10.2 Å². The summed E-state index contributed by atoms with van der Waals surface area (Å²) >= 11 is 19.2. The van der Waals surface area contributed by atoms with Gasteiger partial charge in [-0.1, -0.05) is 34.8 Å². The van der Waals surface area contributed by atoms with Crippen molar-refractivity contribution in [2.24, 2.45) is 0 Å². The number of fused-ring (bicyclic) bond motifs is 1. The Balaban J connectivity index is 2.04. The first-order valence-electron chi connectivity index (χ1n) is 6.77. The Morgan fingerprint density at radius 2 is 1.79 bits per heavy atom. The van der Waals surface area contributed by atoms with Crippen molar-refractivity contribution < 1.29 is 4.79 Å². The maximum absolute atomic E-state index is 12.6. The number of benzene rings is 1. The maximum atomic E-state index is 12.6. The molecule has 0 aliphatic rings. The number of carbonyl (C=O) groups excluding carboxylic acids is 1. The van der Waals surface area contributed by atoms with Gasteiger partial charge in [-0.25, -0.2) is 0 Å². The summed E-state index contributed by atoms with van der Waals surface area (Å²) in [4.78, 5) is 13.5. The van der Waals surface area contributed by atoms with Crippen LogP contribution in [0, 0.1) is 13.8 Å². The third-order valence-corrected chi connectivity index (χ3v) is 5.49. The van der Waals surface area contributed by atoms with Gasteiger partial charge in [0.15, 0.2) is 0 Å². The van der Waals surface area contributed by atoms with Crippen LogP contribution < -0.4 is 11.1 Å². The van der Waals surface area contributed by atoms with Crippen LogP contribution in [-0.2, 0) is 0 Å². The molecule has 0 bridgehead atoms. The lowest BCUT2D eigenvalue weighted by molar-refractivity contribution is 0.103. The predicted molar refractivity (Wildman–Crippen MR) is 101 cm³/mol. The summed E-state index contributed by atoms with van der Waals surface area (Å²) in [6.07, 6.45) is 0. The third kappa shape index (κ3) is 2.91. The number of aryl methyl sites for hydroxylation is 2. The van der Waals surface area contributed by atoms with Crippen LogP contribution in [0.5, 0.6) is 0 Å². The topological polar surface area (TPSA) is 80.9 Å². The predicted octanol–water partition coefficient (Wildman–Crippen LogP) is 5.10. The fourth-order valence-electron chi connectivity index (χ4n) is 2.24. The first-order valence-corrected chi connectivity index (χ1v) is 8.72. The van der Waals surface area contributed by atoms with E-state index in [1.54, 1.807) is 0 Å². The average Bonchev–Trinajstić information content (AvgIpc) is 2.84. The molecule has 0 aliphatic heterocycles. The number of nitrogen functional groups attached to an aromatic ring is 1. The highest BCUT2D eigenvalue weighted by Gasteiger charge is 2.21. The molecule has 0 unspecified atom stereocenters. The minimum atomic E-state index is -0.418. The fourth-order valence-corrected chi connectivity index (χ4v) is 4.15. The molecule has 2 aromatic heterocycles. The van der Waals surface area contributed by atoms with Crippen LogP contribution in [0.1, 0.15) is 20.9 Å². The van der Waals surface area contributed by atoms with Gasteiger partial charge in [0, 0.05) is 10.4 Å². The van der Waals surface area contributed by atoms with Gasteiger partial charge in [0.2, 0.25) is 0 Å². The van der Waals surface area contributed by atoms with Crippen molar-refractivity contribution >= 4 is 73.6 Å². The molecule has 3 N–H and O–H groups in total. The van der Waals surface area contributed by atoms with Gasteiger partial charge in [0.1, 0.15) is 9.71 Å². The van der Waals surface area contributed by atoms with Crippen molar-refractivity contribution in [1.82, 2.24) is 10.2 Å². The SMILES string of the molecule is Cc1nnc2sc(C(=O)Nc3c(Cl)cc(Cl)cc3Cl)c(N)c2c1C. The highest BCUT2D eigenvalue weighted by Crippen LogP contribution is 2.37. The molecule has 3 aromatic rings. The highest BCUT2D eigenvalue weighted by molar-refractivity contribution is 7.21. The summed E-state index contributed by atoms with van der Waals surface area (Å²) in [7, 11) is 0. The fraction of sp³-hybridized carbons (Fsp3) is 0.133. The number of nitrogens with zero attached hydrogens (tertiary/aromatic N) is 2. The molecule has 2 heterocycles. The Morgan fingerprint density at radius 1 is 1.17 bits per heavy atom. The summed E-state index contributed by atoms with van der Waals surface area (Å²) in [6, 6.07) is 3.00. The van der Waals surface area contributed by atoms with Gasteiger partial charge in [-0.2, -0.15) is 5.10 Å². The van der Waals surface area contributed by atoms with Gasteiger partial charge >= 0.3 is 0 Å². The highest BCUT2D eigenvalue weighted by atomic mass is 35.5. The summed E-state index contributed by atoms with van der Waals surface area (Å²) in [5, 5.41) is 12.4. The zero-order valence-corrected chi connectivity index (χ0v) is 15.7. The number of nitrogens with two attached hydrogens (primary N) is 1. The lowest BCUT2D eigenvalue weighted by Crippen LogP contribution is -2.12. The number of anilines is 2. The molecule has 0 spiro atoms. The number of aromatic nitrogens is 2. The van der Waals surface area contributed by atoms with E-state index in [4.69, 9.17) is 40.5 Å². The summed E-state index contributed by atoms with van der Waals surface area (Å²) in [5.74, 6) is -0.418. The van der Waals surface area contributed by atoms with E-state index >= 15 is 0 Å². The second kappa shape index (κ2) is 6.37. The van der Waals surface area contributed by atoms with E-state index in [2.05, 4.69) is 15.5 Å². The van der Waals surface area contributed by atoms with Crippen LogP contribution >= 0.6 is 46.1 Å². The Kier molecular flexibility index (Phi) is 4.57. The Labute approximate surface area is 156 Å². The van der Waals surface area contributed by atoms with Crippen molar-refractivity contribution in [3.63, 3.8) is 0 Å². The lowest BCUT2D eigenvalue weighted by Gasteiger charge is -2.09. The molecule has 0 atom stereocenters. The van der Waals surface area contributed by atoms with E-state index in [9.17, 15) is 4.79 Å². The van der Waals surface area contributed by atoms with Crippen LogP contribution in [0.4, 0.5) is 11.4 Å². The number of hydrogen-bond donors (Lipinski definition) is 2. The largest absolute Gasteiger partial charge is 0.397 e. The van der Waals surface area contributed by atoms with Crippen LogP contribution in [-0.4, -0.2) is 16.1 Å². The molecule has 0 aliphatic carbocycles. The van der Waals surface area contributed by atoms with Gasteiger partial charge in [0.25, 0.3) is 5.91 Å². The quantitative estimate of drug-likeness (QED) is 0.625. The molecular weight excluding hydrogens is 391 g/mol. The minimum Gasteiger partial charge on any atom is -0.397 e. The molecule has 124 valence electrons. The van der Waals surface area contributed by atoms with Crippen molar-refractivity contribution in [1.29, 1.82) is 0 Å². The molecule has 1 amide bonds. The monoisotopic (exact) mass is 400 g/mol. The van der Waals surface area contributed by atoms with Gasteiger partial charge in [-0.3, -0.25) is 4.79 Å². The van der Waals surface area contributed by atoms with E-state index in [0.717, 1.165) is 16.6 Å². The number of nitrogens with one attached hydrogen (secondary N) is 1. The second-order valence-electron chi connectivity index (χ2n) is 5.13. The van der Waals surface area contributed by atoms with Crippen LogP contribution in [0.3, 0.4) is 0 Å². The smallest absolute Gasteiger partial charge is 0.268 e. The Morgan fingerprint density at radius 3 is 2.42 bits per heavy atom. The van der Waals surface area contributed by atoms with Crippen LogP contribution in [0.15, 0.2) is 12.1 Å². The molecule has 0 saturated carbocycles. The number of thiophene rings is 1. The van der Waals surface area contributed by atoms with Gasteiger partial charge < -0.3 is 11.1 Å². The Bertz CT molecular complexity index is 963. The zero-order valence-electron chi connectivity index (χ0n) is 12.6. The second-order valence-corrected chi connectivity index (χ2v) is 7.38. The minimum absolute atomic E-state index is 0.243. The van der Waals surface area contributed by atoms with E-state index in [1.165, 1.54) is 23.5 Å². The van der Waals surface area contributed by atoms with Gasteiger partial charge in [-0.15, -0.1) is 16.4 Å². The summed E-state index contributed by atoms with van der Waals surface area (Å²) in [6.45, 7) is 3.73. The van der Waals surface area contributed by atoms with Gasteiger partial charge in [0.05, 0.1) is 27.1 Å². The summed E-state index contributed by atoms with van der Waals surface area (Å²) in [5.41, 5.74) is 8.47. The first kappa shape index (κ1) is 17.2. The number of hydrogen-bond acceptors (Lipinski definition) is 5. The normalized spacial score (nSPS) is 11.0. The van der Waals surface area contributed by atoms with E-state index in [-0.39, 0.29) is 15.7 Å². The van der Waals surface area contributed by atoms with Crippen LogP contribution in [0.2, 0.25) is 15.1 Å². The van der Waals surface area contributed by atoms with Crippen molar-refractivity contribution in [2.75, 3.05) is 11.1 Å². The third-order valence-electron chi connectivity index (χ3n) is 3.59. The molecule has 0 fully saturated rings. The summed E-state index contributed by atoms with van der Waals surface area (Å²) < 4.78 is 0. The molecular formula is C15H11Cl3N4OS. The van der Waals surface area contributed by atoms with E-state index < -0.39 is 5.91 Å². The zero-order chi connectivity index (χ0) is 17.6. The number of halogens is 3. The number of rotatable bonds is 2. The Hall–Kier alpha value is -1.60. The van der Waals surface area contributed by atoms with E-state index in [1.807, 2.05) is 13.8 Å². The number of carbonyl (C=O) groups is 1. The molecule has 9 heteroatoms. The molecule has 24 heavy (non-hydrogen) atoms. The van der Waals surface area contributed by atoms with Gasteiger partial charge in [-0.05, 0) is 31.5 Å².